The summed E-state index contributed by atoms with van der Waals surface area (Å²) in [6, 6.07) is 13.2. The maximum Gasteiger partial charge on any atom is 0.417 e. The standard InChI is InChI=1S/C32H36F3N3O4/c33-32(34,35)25-12-5-4-11-24(25)29(40)38-17-13-26-23(21-38)10-6-7-14-31(15-18-42-19-16-31)30(41)37-27(28(39)36-26)20-22-8-2-1-3-9-22/h1-9,11-12,23,26-27H,10,13-21H2,(H,36,39)(H,37,41)/b7-6+/t23-,26+,27-/m1/s1. The third-order valence-electron chi connectivity index (χ3n) is 8.76. The van der Waals surface area contributed by atoms with Crippen LogP contribution >= 0.6 is 0 Å². The van der Waals surface area contributed by atoms with Crippen molar-refractivity contribution >= 4 is 17.7 Å². The van der Waals surface area contributed by atoms with Crippen LogP contribution in [0.15, 0.2) is 66.7 Å². The molecule has 5 rings (SSSR count). The van der Waals surface area contributed by atoms with Crippen LogP contribution in [0.1, 0.15) is 53.6 Å². The Morgan fingerprint density at radius 3 is 2.43 bits per heavy atom. The number of carbonyl (C=O) groups excluding carboxylic acids is 3. The third kappa shape index (κ3) is 6.69. The topological polar surface area (TPSA) is 87.7 Å². The van der Waals surface area contributed by atoms with Crippen LogP contribution < -0.4 is 10.6 Å². The van der Waals surface area contributed by atoms with E-state index in [2.05, 4.69) is 10.6 Å². The van der Waals surface area contributed by atoms with Crippen LogP contribution in [-0.2, 0) is 26.9 Å². The van der Waals surface area contributed by atoms with Gasteiger partial charge in [0.15, 0.2) is 0 Å². The Morgan fingerprint density at radius 2 is 1.69 bits per heavy atom. The number of piperidine rings is 1. The molecule has 2 aromatic carbocycles. The molecule has 2 aromatic rings. The van der Waals surface area contributed by atoms with Gasteiger partial charge in [-0.1, -0.05) is 54.6 Å². The number of carbonyl (C=O) groups is 3. The second-order valence-corrected chi connectivity index (χ2v) is 11.5. The van der Waals surface area contributed by atoms with Crippen molar-refractivity contribution in [3.05, 3.63) is 83.4 Å². The lowest BCUT2D eigenvalue weighted by Crippen LogP contribution is -2.58. The molecule has 2 N–H and O–H groups in total. The lowest BCUT2D eigenvalue weighted by atomic mass is 9.75. The molecule has 0 aliphatic carbocycles. The van der Waals surface area contributed by atoms with Crippen LogP contribution in [0, 0.1) is 11.3 Å². The van der Waals surface area contributed by atoms with Crippen molar-refractivity contribution in [3.63, 3.8) is 0 Å². The van der Waals surface area contributed by atoms with Gasteiger partial charge >= 0.3 is 6.18 Å². The van der Waals surface area contributed by atoms with Gasteiger partial charge in [-0.2, -0.15) is 13.2 Å². The fourth-order valence-electron chi connectivity index (χ4n) is 6.25. The van der Waals surface area contributed by atoms with Gasteiger partial charge in [0.2, 0.25) is 11.8 Å². The molecule has 224 valence electrons. The average molecular weight is 584 g/mol. The zero-order valence-electron chi connectivity index (χ0n) is 23.4. The minimum absolute atomic E-state index is 0.160. The molecule has 0 saturated carbocycles. The van der Waals surface area contributed by atoms with Crippen LogP contribution in [0.5, 0.6) is 0 Å². The molecule has 1 spiro atoms. The van der Waals surface area contributed by atoms with E-state index in [1.165, 1.54) is 23.1 Å². The van der Waals surface area contributed by atoms with E-state index in [1.54, 1.807) is 0 Å². The lowest BCUT2D eigenvalue weighted by Gasteiger charge is -2.40. The minimum atomic E-state index is -4.65. The number of nitrogens with zero attached hydrogens (tertiary/aromatic N) is 1. The minimum Gasteiger partial charge on any atom is -0.381 e. The van der Waals surface area contributed by atoms with Gasteiger partial charge in [-0.05, 0) is 49.8 Å². The highest BCUT2D eigenvalue weighted by Gasteiger charge is 2.42. The van der Waals surface area contributed by atoms with Crippen molar-refractivity contribution in [1.29, 1.82) is 0 Å². The second-order valence-electron chi connectivity index (χ2n) is 11.5. The summed E-state index contributed by atoms with van der Waals surface area (Å²) < 4.78 is 46.5. The van der Waals surface area contributed by atoms with Crippen LogP contribution in [0.3, 0.4) is 0 Å². The van der Waals surface area contributed by atoms with Crippen LogP contribution in [-0.4, -0.2) is 61.0 Å². The zero-order chi connectivity index (χ0) is 29.7. The first kappa shape index (κ1) is 29.8. The predicted molar refractivity (Wildman–Crippen MR) is 150 cm³/mol. The molecule has 3 aliphatic rings. The van der Waals surface area contributed by atoms with E-state index in [9.17, 15) is 27.6 Å². The van der Waals surface area contributed by atoms with E-state index in [-0.39, 0.29) is 42.4 Å². The van der Waals surface area contributed by atoms with Gasteiger partial charge in [-0.15, -0.1) is 0 Å². The van der Waals surface area contributed by atoms with Crippen molar-refractivity contribution in [1.82, 2.24) is 15.5 Å². The molecule has 3 aliphatic heterocycles. The Morgan fingerprint density at radius 1 is 0.976 bits per heavy atom. The van der Waals surface area contributed by atoms with Crippen LogP contribution in [0.25, 0.3) is 0 Å². The molecular weight excluding hydrogens is 547 g/mol. The summed E-state index contributed by atoms with van der Waals surface area (Å²) in [5, 5.41) is 6.17. The fourth-order valence-corrected chi connectivity index (χ4v) is 6.25. The van der Waals surface area contributed by atoms with Crippen molar-refractivity contribution in [3.8, 4) is 0 Å². The fraction of sp³-hybridized carbons (Fsp3) is 0.469. The van der Waals surface area contributed by atoms with Gasteiger partial charge in [-0.25, -0.2) is 0 Å². The summed E-state index contributed by atoms with van der Waals surface area (Å²) in [7, 11) is 0. The number of halogens is 3. The number of hydrogen-bond acceptors (Lipinski definition) is 4. The highest BCUT2D eigenvalue weighted by atomic mass is 19.4. The van der Waals surface area contributed by atoms with Crippen molar-refractivity contribution in [2.24, 2.45) is 11.3 Å². The van der Waals surface area contributed by atoms with E-state index in [0.29, 0.717) is 51.7 Å². The zero-order valence-corrected chi connectivity index (χ0v) is 23.4. The molecule has 0 aromatic heterocycles. The number of alkyl halides is 3. The Bertz CT molecular complexity index is 1310. The first-order valence-electron chi connectivity index (χ1n) is 14.5. The van der Waals surface area contributed by atoms with Crippen LogP contribution in [0.2, 0.25) is 0 Å². The van der Waals surface area contributed by atoms with Crippen molar-refractivity contribution in [2.75, 3.05) is 26.3 Å². The molecule has 42 heavy (non-hydrogen) atoms. The van der Waals surface area contributed by atoms with E-state index >= 15 is 0 Å². The highest BCUT2D eigenvalue weighted by Crippen LogP contribution is 2.36. The number of likely N-dealkylation sites (tertiary alicyclic amines) is 1. The summed E-state index contributed by atoms with van der Waals surface area (Å²) in [5.41, 5.74) is -1.11. The third-order valence-corrected chi connectivity index (χ3v) is 8.76. The first-order chi connectivity index (χ1) is 20.2. The Balaban J connectivity index is 1.40. The molecule has 2 fully saturated rings. The summed E-state index contributed by atoms with van der Waals surface area (Å²) in [6.07, 6.45) is 2.08. The normalized spacial score (nSPS) is 25.8. The molecule has 0 radical (unpaired) electrons. The van der Waals surface area contributed by atoms with Gasteiger partial charge in [0.05, 0.1) is 16.5 Å². The molecule has 10 heteroatoms. The Labute approximate surface area is 243 Å². The molecule has 3 atom stereocenters. The number of amides is 3. The number of ether oxygens (including phenoxy) is 1. The van der Waals surface area contributed by atoms with Crippen molar-refractivity contribution < 1.29 is 32.3 Å². The van der Waals surface area contributed by atoms with Gasteiger partial charge in [-0.3, -0.25) is 14.4 Å². The number of hydrogen-bond donors (Lipinski definition) is 2. The number of nitrogens with one attached hydrogen (secondary N) is 2. The monoisotopic (exact) mass is 583 g/mol. The molecule has 0 unspecified atom stereocenters. The summed E-state index contributed by atoms with van der Waals surface area (Å²) >= 11 is 0. The number of fused-ring (bicyclic) bond motifs is 1. The Hall–Kier alpha value is -3.66. The molecular formula is C32H36F3N3O4. The SMILES string of the molecule is O=C1N[C@H]2CCN(C(=O)c3ccccc3C(F)(F)F)C[C@H]2C/C=C/CC2(CCOCC2)C(=O)N[C@@H]1Cc1ccccc1. The van der Waals surface area contributed by atoms with E-state index in [0.717, 1.165) is 11.6 Å². The number of rotatable bonds is 3. The number of allylic oxidation sites excluding steroid dienone is 2. The largest absolute Gasteiger partial charge is 0.417 e. The van der Waals surface area contributed by atoms with E-state index < -0.39 is 29.1 Å². The second kappa shape index (κ2) is 12.7. The molecule has 3 heterocycles. The van der Waals surface area contributed by atoms with E-state index in [1.807, 2.05) is 42.5 Å². The highest BCUT2D eigenvalue weighted by molar-refractivity contribution is 5.96. The van der Waals surface area contributed by atoms with Crippen LogP contribution in [0.4, 0.5) is 13.2 Å². The van der Waals surface area contributed by atoms with Gasteiger partial charge in [0.1, 0.15) is 6.04 Å². The maximum atomic E-state index is 13.7. The number of benzene rings is 2. The average Bonchev–Trinajstić information content (AvgIpc) is 2.99. The first-order valence-corrected chi connectivity index (χ1v) is 14.5. The summed E-state index contributed by atoms with van der Waals surface area (Å²) in [6.45, 7) is 1.32. The van der Waals surface area contributed by atoms with Gasteiger partial charge < -0.3 is 20.3 Å². The summed E-state index contributed by atoms with van der Waals surface area (Å²) in [5.74, 6) is -1.35. The molecule has 0 bridgehead atoms. The lowest BCUT2D eigenvalue weighted by molar-refractivity contribution is -0.140. The van der Waals surface area contributed by atoms with E-state index in [4.69, 9.17) is 4.74 Å². The Kier molecular flexibility index (Phi) is 9.01. The van der Waals surface area contributed by atoms with Gasteiger partial charge in [0.25, 0.3) is 5.91 Å². The maximum absolute atomic E-state index is 13.7. The quantitative estimate of drug-likeness (QED) is 0.520. The molecule has 2 saturated heterocycles. The molecule has 7 nitrogen and oxygen atoms in total. The van der Waals surface area contributed by atoms with Gasteiger partial charge in [0, 0.05) is 44.7 Å². The predicted octanol–water partition coefficient (Wildman–Crippen LogP) is 4.53. The molecule has 3 amide bonds. The van der Waals surface area contributed by atoms with Crippen molar-refractivity contribution in [2.45, 2.75) is 56.8 Å². The summed E-state index contributed by atoms with van der Waals surface area (Å²) in [4.78, 5) is 42.2. The smallest absolute Gasteiger partial charge is 0.381 e.